The van der Waals surface area contributed by atoms with Crippen LogP contribution in [0, 0.1) is 0 Å². The number of aromatic amines is 1. The first kappa shape index (κ1) is 9.03. The summed E-state index contributed by atoms with van der Waals surface area (Å²) in [4.78, 5) is 8.88. The summed E-state index contributed by atoms with van der Waals surface area (Å²) < 4.78 is 0.910. The van der Waals surface area contributed by atoms with Gasteiger partial charge in [-0.1, -0.05) is 0 Å². The van der Waals surface area contributed by atoms with Crippen LogP contribution in [0.4, 0.5) is 0 Å². The van der Waals surface area contributed by atoms with Gasteiger partial charge in [0.1, 0.15) is 5.82 Å². The highest BCUT2D eigenvalue weighted by Crippen LogP contribution is 2.39. The molecule has 5 heteroatoms. The van der Waals surface area contributed by atoms with E-state index >= 15 is 0 Å². The van der Waals surface area contributed by atoms with Gasteiger partial charge in [-0.3, -0.25) is 5.10 Å². The van der Waals surface area contributed by atoms with Crippen LogP contribution >= 0.6 is 15.9 Å². The van der Waals surface area contributed by atoms with Gasteiger partial charge in [0, 0.05) is 23.9 Å². The van der Waals surface area contributed by atoms with Gasteiger partial charge in [-0.15, -0.1) is 0 Å². The van der Waals surface area contributed by atoms with Gasteiger partial charge < -0.3 is 0 Å². The molecular formula is C10H9BrN4. The fraction of sp³-hybridized carbons (Fsp3) is 0.300. The lowest BCUT2D eigenvalue weighted by Crippen LogP contribution is -1.94. The van der Waals surface area contributed by atoms with Crippen molar-refractivity contribution in [3.05, 3.63) is 28.9 Å². The third-order valence-corrected chi connectivity index (χ3v) is 3.06. The summed E-state index contributed by atoms with van der Waals surface area (Å²) in [5.74, 6) is 1.53. The maximum atomic E-state index is 4.56. The second kappa shape index (κ2) is 3.41. The summed E-state index contributed by atoms with van der Waals surface area (Å²) in [6.45, 7) is 0. The van der Waals surface area contributed by atoms with E-state index in [4.69, 9.17) is 0 Å². The number of hydrogen-bond donors (Lipinski definition) is 1. The van der Waals surface area contributed by atoms with E-state index in [-0.39, 0.29) is 0 Å². The average Bonchev–Trinajstić information content (AvgIpc) is 2.95. The van der Waals surface area contributed by atoms with Gasteiger partial charge in [0.25, 0.3) is 0 Å². The number of rotatable bonds is 2. The van der Waals surface area contributed by atoms with Crippen molar-refractivity contribution < 1.29 is 0 Å². The molecule has 2 aromatic rings. The number of halogens is 1. The molecule has 4 nitrogen and oxygen atoms in total. The molecular weight excluding hydrogens is 256 g/mol. The van der Waals surface area contributed by atoms with Crippen molar-refractivity contribution in [3.8, 4) is 11.3 Å². The van der Waals surface area contributed by atoms with Crippen LogP contribution in [-0.4, -0.2) is 20.2 Å². The van der Waals surface area contributed by atoms with Crippen LogP contribution in [0.15, 0.2) is 23.1 Å². The van der Waals surface area contributed by atoms with Crippen LogP contribution in [0.5, 0.6) is 0 Å². The van der Waals surface area contributed by atoms with E-state index in [1.165, 1.54) is 12.8 Å². The summed E-state index contributed by atoms with van der Waals surface area (Å²) in [6, 6.07) is 0. The Balaban J connectivity index is 2.08. The van der Waals surface area contributed by atoms with Crippen molar-refractivity contribution in [1.29, 1.82) is 0 Å². The smallest absolute Gasteiger partial charge is 0.132 e. The summed E-state index contributed by atoms with van der Waals surface area (Å²) >= 11 is 3.45. The molecule has 0 saturated heterocycles. The summed E-state index contributed by atoms with van der Waals surface area (Å²) in [5, 5.41) is 6.71. The maximum Gasteiger partial charge on any atom is 0.132 e. The highest BCUT2D eigenvalue weighted by atomic mass is 79.9. The molecule has 1 aliphatic carbocycles. The van der Waals surface area contributed by atoms with E-state index in [0.717, 1.165) is 21.6 Å². The molecule has 0 radical (unpaired) electrons. The Kier molecular flexibility index (Phi) is 2.05. The van der Waals surface area contributed by atoms with E-state index < -0.39 is 0 Å². The second-order valence-electron chi connectivity index (χ2n) is 3.69. The molecule has 15 heavy (non-hydrogen) atoms. The zero-order chi connectivity index (χ0) is 10.3. The molecule has 0 bridgehead atoms. The zero-order valence-electron chi connectivity index (χ0n) is 7.94. The van der Waals surface area contributed by atoms with E-state index in [1.54, 1.807) is 6.20 Å². The van der Waals surface area contributed by atoms with Gasteiger partial charge in [-0.2, -0.15) is 5.10 Å². The van der Waals surface area contributed by atoms with E-state index in [2.05, 4.69) is 36.1 Å². The maximum absolute atomic E-state index is 4.56. The minimum atomic E-state index is 0.573. The first-order valence-electron chi connectivity index (χ1n) is 4.86. The summed E-state index contributed by atoms with van der Waals surface area (Å²) in [5.41, 5.74) is 1.91. The molecule has 3 rings (SSSR count). The summed E-state index contributed by atoms with van der Waals surface area (Å²) in [7, 11) is 0. The van der Waals surface area contributed by atoms with Crippen LogP contribution in [0.2, 0.25) is 0 Å². The lowest BCUT2D eigenvalue weighted by Gasteiger charge is -2.02. The molecule has 0 atom stereocenters. The highest BCUT2D eigenvalue weighted by molar-refractivity contribution is 9.10. The minimum absolute atomic E-state index is 0.573. The molecule has 0 aromatic carbocycles. The van der Waals surface area contributed by atoms with Crippen molar-refractivity contribution in [2.75, 3.05) is 0 Å². The van der Waals surface area contributed by atoms with Crippen LogP contribution in [0.1, 0.15) is 24.6 Å². The number of nitrogens with one attached hydrogen (secondary N) is 1. The molecule has 1 fully saturated rings. The SMILES string of the molecule is Brc1cnc(C2CC2)nc1-c1cn[nH]c1. The van der Waals surface area contributed by atoms with E-state index in [0.29, 0.717) is 5.92 Å². The summed E-state index contributed by atoms with van der Waals surface area (Å²) in [6.07, 6.45) is 7.86. The number of hydrogen-bond acceptors (Lipinski definition) is 3. The van der Waals surface area contributed by atoms with Gasteiger partial charge in [0.05, 0.1) is 16.4 Å². The standard InChI is InChI=1S/C10H9BrN4/c11-8-5-12-10(6-1-2-6)15-9(8)7-3-13-14-4-7/h3-6H,1-2H2,(H,13,14). The van der Waals surface area contributed by atoms with Crippen LogP contribution in [0.3, 0.4) is 0 Å². The third-order valence-electron chi connectivity index (χ3n) is 2.48. The monoisotopic (exact) mass is 264 g/mol. The van der Waals surface area contributed by atoms with Crippen molar-refractivity contribution in [3.63, 3.8) is 0 Å². The van der Waals surface area contributed by atoms with Gasteiger partial charge >= 0.3 is 0 Å². The molecule has 1 saturated carbocycles. The Morgan fingerprint density at radius 2 is 2.20 bits per heavy atom. The van der Waals surface area contributed by atoms with Gasteiger partial charge in [0.15, 0.2) is 0 Å². The normalized spacial score (nSPS) is 15.5. The molecule has 2 heterocycles. The zero-order valence-corrected chi connectivity index (χ0v) is 9.53. The van der Waals surface area contributed by atoms with E-state index in [1.807, 2.05) is 12.4 Å². The van der Waals surface area contributed by atoms with Crippen molar-refractivity contribution >= 4 is 15.9 Å². The van der Waals surface area contributed by atoms with Crippen LogP contribution < -0.4 is 0 Å². The topological polar surface area (TPSA) is 54.5 Å². The molecule has 1 aliphatic rings. The number of nitrogens with zero attached hydrogens (tertiary/aromatic N) is 3. The first-order valence-corrected chi connectivity index (χ1v) is 5.65. The Bertz CT molecular complexity index is 476. The third kappa shape index (κ3) is 1.67. The number of H-pyrrole nitrogens is 1. The van der Waals surface area contributed by atoms with Gasteiger partial charge in [-0.05, 0) is 28.8 Å². The van der Waals surface area contributed by atoms with Crippen LogP contribution in [-0.2, 0) is 0 Å². The largest absolute Gasteiger partial charge is 0.285 e. The van der Waals surface area contributed by atoms with Gasteiger partial charge in [0.2, 0.25) is 0 Å². The predicted molar refractivity (Wildman–Crippen MR) is 59.3 cm³/mol. The van der Waals surface area contributed by atoms with Crippen molar-refractivity contribution in [1.82, 2.24) is 20.2 Å². The fourth-order valence-corrected chi connectivity index (χ4v) is 1.92. The lowest BCUT2D eigenvalue weighted by atomic mass is 10.2. The van der Waals surface area contributed by atoms with Crippen molar-refractivity contribution in [2.45, 2.75) is 18.8 Å². The molecule has 2 aromatic heterocycles. The number of aromatic nitrogens is 4. The average molecular weight is 265 g/mol. The second-order valence-corrected chi connectivity index (χ2v) is 4.54. The quantitative estimate of drug-likeness (QED) is 0.907. The molecule has 76 valence electrons. The Hall–Kier alpha value is -1.23. The lowest BCUT2D eigenvalue weighted by molar-refractivity contribution is 0.926. The van der Waals surface area contributed by atoms with Gasteiger partial charge in [-0.25, -0.2) is 9.97 Å². The van der Waals surface area contributed by atoms with Crippen LogP contribution in [0.25, 0.3) is 11.3 Å². The first-order chi connectivity index (χ1) is 7.34. The molecule has 0 amide bonds. The Morgan fingerprint density at radius 3 is 2.87 bits per heavy atom. The molecule has 0 spiro atoms. The minimum Gasteiger partial charge on any atom is -0.285 e. The highest BCUT2D eigenvalue weighted by Gasteiger charge is 2.27. The Morgan fingerprint density at radius 1 is 1.33 bits per heavy atom. The van der Waals surface area contributed by atoms with E-state index in [9.17, 15) is 0 Å². The Labute approximate surface area is 95.3 Å². The molecule has 0 aliphatic heterocycles. The predicted octanol–water partition coefficient (Wildman–Crippen LogP) is 2.51. The molecule has 0 unspecified atom stereocenters. The fourth-order valence-electron chi connectivity index (χ4n) is 1.50. The molecule has 1 N–H and O–H groups in total. The van der Waals surface area contributed by atoms with Crippen molar-refractivity contribution in [2.24, 2.45) is 0 Å².